The third-order valence-electron chi connectivity index (χ3n) is 8.08. The van der Waals surface area contributed by atoms with Gasteiger partial charge in [-0.05, 0) is 58.8 Å². The first kappa shape index (κ1) is 24.0. The summed E-state index contributed by atoms with van der Waals surface area (Å²) in [7, 11) is 0. The van der Waals surface area contributed by atoms with Crippen molar-refractivity contribution in [3.8, 4) is 5.75 Å². The Morgan fingerprint density at radius 3 is 2.25 bits per heavy atom. The SMILES string of the molecule is CC(=O)Oc1ccc(C(=O)[C@H]2[C@H]3C(=O)N(c4ccc5ccccc5c4)C(=O)[C@H]3[C@@H]3C=Cc4ccccc4N32)cc1. The van der Waals surface area contributed by atoms with E-state index in [1.54, 1.807) is 30.3 Å². The first-order chi connectivity index (χ1) is 19.4. The van der Waals surface area contributed by atoms with Crippen LogP contribution in [0, 0.1) is 11.8 Å². The molecule has 3 aliphatic heterocycles. The van der Waals surface area contributed by atoms with E-state index >= 15 is 0 Å². The van der Waals surface area contributed by atoms with Crippen LogP contribution in [0.1, 0.15) is 22.8 Å². The number of hydrogen-bond acceptors (Lipinski definition) is 6. The number of Topliss-reactive ketones (excluding diaryl/α,β-unsaturated/α-hetero) is 1. The Bertz CT molecular complexity index is 1760. The molecule has 3 aliphatic rings. The largest absolute Gasteiger partial charge is 0.427 e. The maximum Gasteiger partial charge on any atom is 0.308 e. The van der Waals surface area contributed by atoms with Gasteiger partial charge in [0.2, 0.25) is 11.8 Å². The summed E-state index contributed by atoms with van der Waals surface area (Å²) in [5, 5.41) is 1.93. The topological polar surface area (TPSA) is 84.0 Å². The molecule has 2 saturated heterocycles. The van der Waals surface area contributed by atoms with Gasteiger partial charge in [0, 0.05) is 18.2 Å². The highest BCUT2D eigenvalue weighted by Crippen LogP contribution is 2.50. The van der Waals surface area contributed by atoms with Crippen LogP contribution < -0.4 is 14.5 Å². The molecule has 4 aromatic carbocycles. The Morgan fingerprint density at radius 1 is 0.775 bits per heavy atom. The van der Waals surface area contributed by atoms with E-state index in [4.69, 9.17) is 4.74 Å². The second kappa shape index (κ2) is 9.02. The zero-order valence-electron chi connectivity index (χ0n) is 21.6. The van der Waals surface area contributed by atoms with Gasteiger partial charge in [-0.15, -0.1) is 0 Å². The number of fused-ring (bicyclic) bond motifs is 6. The molecule has 2 amide bonds. The summed E-state index contributed by atoms with van der Waals surface area (Å²) in [5.74, 6) is -2.64. The highest BCUT2D eigenvalue weighted by Gasteiger charge is 2.64. The number of carbonyl (C=O) groups is 4. The number of carbonyl (C=O) groups excluding carboxylic acids is 4. The van der Waals surface area contributed by atoms with Crippen LogP contribution in [0.15, 0.2) is 97.1 Å². The van der Waals surface area contributed by atoms with Crippen LogP contribution in [0.25, 0.3) is 16.8 Å². The molecule has 40 heavy (non-hydrogen) atoms. The van der Waals surface area contributed by atoms with Crippen molar-refractivity contribution in [3.05, 3.63) is 108 Å². The second-order valence-corrected chi connectivity index (χ2v) is 10.3. The average molecular weight is 529 g/mol. The number of ketones is 1. The minimum atomic E-state index is -0.886. The van der Waals surface area contributed by atoms with Crippen molar-refractivity contribution >= 4 is 51.8 Å². The number of amides is 2. The number of rotatable bonds is 4. The normalized spacial score (nSPS) is 22.7. The van der Waals surface area contributed by atoms with Gasteiger partial charge in [0.1, 0.15) is 11.8 Å². The first-order valence-electron chi connectivity index (χ1n) is 13.2. The number of ether oxygens (including phenoxy) is 1. The molecule has 196 valence electrons. The van der Waals surface area contributed by atoms with Crippen molar-refractivity contribution in [2.24, 2.45) is 11.8 Å². The summed E-state index contributed by atoms with van der Waals surface area (Å²) >= 11 is 0. The number of para-hydroxylation sites is 1. The van der Waals surface area contributed by atoms with Crippen molar-refractivity contribution in [1.82, 2.24) is 0 Å². The van der Waals surface area contributed by atoms with Crippen molar-refractivity contribution in [2.45, 2.75) is 19.0 Å². The predicted octanol–water partition coefficient (Wildman–Crippen LogP) is 5.04. The van der Waals surface area contributed by atoms with Crippen LogP contribution >= 0.6 is 0 Å². The Hall–Kier alpha value is -5.04. The van der Waals surface area contributed by atoms with Crippen LogP contribution in [-0.2, 0) is 14.4 Å². The molecule has 2 fully saturated rings. The van der Waals surface area contributed by atoms with Crippen LogP contribution in [0.2, 0.25) is 0 Å². The Labute approximate surface area is 230 Å². The molecule has 7 nitrogen and oxygen atoms in total. The number of nitrogens with zero attached hydrogens (tertiary/aromatic N) is 2. The lowest BCUT2D eigenvalue weighted by Crippen LogP contribution is -2.48. The van der Waals surface area contributed by atoms with Crippen LogP contribution in [0.5, 0.6) is 5.75 Å². The lowest BCUT2D eigenvalue weighted by Gasteiger charge is -2.36. The maximum atomic E-state index is 14.2. The Balaban J connectivity index is 1.32. The van der Waals surface area contributed by atoms with E-state index in [0.717, 1.165) is 22.0 Å². The standard InChI is InChI=1S/C33H24N2O5/c1-19(36)40-25-15-11-22(12-16-25)31(37)30-29-28(27-17-13-21-7-4-5-9-26(21)35(27)30)32(38)34(33(29)39)24-14-10-20-6-2-3-8-23(20)18-24/h2-18,27-30H,1H3/t27-,28-,29-,30+/m0/s1. The van der Waals surface area contributed by atoms with Gasteiger partial charge < -0.3 is 9.64 Å². The molecule has 0 aromatic heterocycles. The minimum absolute atomic E-state index is 0.265. The zero-order valence-corrected chi connectivity index (χ0v) is 21.6. The van der Waals surface area contributed by atoms with Crippen molar-refractivity contribution in [3.63, 3.8) is 0 Å². The molecule has 3 heterocycles. The molecule has 7 heteroatoms. The number of anilines is 2. The summed E-state index contributed by atoms with van der Waals surface area (Å²) < 4.78 is 5.13. The molecule has 0 radical (unpaired) electrons. The van der Waals surface area contributed by atoms with Crippen molar-refractivity contribution in [2.75, 3.05) is 9.80 Å². The van der Waals surface area contributed by atoms with E-state index in [2.05, 4.69) is 0 Å². The van der Waals surface area contributed by atoms with Gasteiger partial charge in [-0.25, -0.2) is 4.90 Å². The quantitative estimate of drug-likeness (QED) is 0.160. The smallest absolute Gasteiger partial charge is 0.308 e. The van der Waals surface area contributed by atoms with E-state index < -0.39 is 29.9 Å². The highest BCUT2D eigenvalue weighted by molar-refractivity contribution is 6.26. The van der Waals surface area contributed by atoms with Crippen LogP contribution in [-0.4, -0.2) is 35.7 Å². The molecule has 0 saturated carbocycles. The molecule has 4 atom stereocenters. The summed E-state index contributed by atoms with van der Waals surface area (Å²) in [6.45, 7) is 1.31. The van der Waals surface area contributed by atoms with E-state index in [1.807, 2.05) is 77.7 Å². The van der Waals surface area contributed by atoms with Gasteiger partial charge in [0.05, 0.1) is 23.6 Å². The monoisotopic (exact) mass is 528 g/mol. The molecule has 0 unspecified atom stereocenters. The summed E-state index contributed by atoms with van der Waals surface area (Å²) in [4.78, 5) is 57.0. The minimum Gasteiger partial charge on any atom is -0.427 e. The summed E-state index contributed by atoms with van der Waals surface area (Å²) in [6, 6.07) is 26.0. The molecule has 0 bridgehead atoms. The lowest BCUT2D eigenvalue weighted by molar-refractivity contribution is -0.132. The van der Waals surface area contributed by atoms with Crippen molar-refractivity contribution < 1.29 is 23.9 Å². The molecular weight excluding hydrogens is 504 g/mol. The Morgan fingerprint density at radius 2 is 1.48 bits per heavy atom. The summed E-state index contributed by atoms with van der Waals surface area (Å²) in [5.41, 5.74) is 2.62. The molecule has 0 N–H and O–H groups in total. The molecule has 0 spiro atoms. The number of benzene rings is 4. The molecule has 7 rings (SSSR count). The Kier molecular flexibility index (Phi) is 5.42. The lowest BCUT2D eigenvalue weighted by atomic mass is 9.86. The number of hydrogen-bond donors (Lipinski definition) is 0. The van der Waals surface area contributed by atoms with Gasteiger partial charge in [0.25, 0.3) is 0 Å². The molecular formula is C33H24N2O5. The van der Waals surface area contributed by atoms with E-state index in [0.29, 0.717) is 17.0 Å². The van der Waals surface area contributed by atoms with Crippen LogP contribution in [0.3, 0.4) is 0 Å². The molecule has 0 aliphatic carbocycles. The molecule has 4 aromatic rings. The number of esters is 1. The maximum absolute atomic E-state index is 14.2. The van der Waals surface area contributed by atoms with Gasteiger partial charge in [-0.2, -0.15) is 0 Å². The predicted molar refractivity (Wildman–Crippen MR) is 151 cm³/mol. The van der Waals surface area contributed by atoms with Gasteiger partial charge in [-0.3, -0.25) is 19.2 Å². The van der Waals surface area contributed by atoms with E-state index in [9.17, 15) is 19.2 Å². The van der Waals surface area contributed by atoms with Gasteiger partial charge in [-0.1, -0.05) is 60.7 Å². The summed E-state index contributed by atoms with van der Waals surface area (Å²) in [6.07, 6.45) is 3.90. The third kappa shape index (κ3) is 3.58. The fourth-order valence-corrected chi connectivity index (χ4v) is 6.41. The fourth-order valence-electron chi connectivity index (χ4n) is 6.41. The van der Waals surface area contributed by atoms with Crippen molar-refractivity contribution in [1.29, 1.82) is 0 Å². The van der Waals surface area contributed by atoms with E-state index in [-0.39, 0.29) is 17.6 Å². The fraction of sp³-hybridized carbons (Fsp3) is 0.152. The highest BCUT2D eigenvalue weighted by atomic mass is 16.5. The first-order valence-corrected chi connectivity index (χ1v) is 13.2. The van der Waals surface area contributed by atoms with Gasteiger partial charge in [0.15, 0.2) is 5.78 Å². The van der Waals surface area contributed by atoms with Gasteiger partial charge >= 0.3 is 5.97 Å². The zero-order chi connectivity index (χ0) is 27.5. The number of imide groups is 1. The van der Waals surface area contributed by atoms with E-state index in [1.165, 1.54) is 11.8 Å². The third-order valence-corrected chi connectivity index (χ3v) is 8.08. The van der Waals surface area contributed by atoms with Crippen LogP contribution in [0.4, 0.5) is 11.4 Å². The average Bonchev–Trinajstić information content (AvgIpc) is 3.45. The second-order valence-electron chi connectivity index (χ2n) is 10.3.